The van der Waals surface area contributed by atoms with Gasteiger partial charge in [0.05, 0.1) is 5.75 Å². The second-order valence-electron chi connectivity index (χ2n) is 6.02. The molecule has 1 aromatic carbocycles. The number of hydrogen-bond acceptors (Lipinski definition) is 2. The second kappa shape index (κ2) is 6.52. The van der Waals surface area contributed by atoms with E-state index in [4.69, 9.17) is 0 Å². The highest BCUT2D eigenvalue weighted by atomic mass is 79.9. The number of sulfonamides is 1. The smallest absolute Gasteiger partial charge is 0.211 e. The van der Waals surface area contributed by atoms with Crippen molar-refractivity contribution in [3.05, 3.63) is 34.3 Å². The first-order valence-corrected chi connectivity index (χ1v) is 12.5. The minimum atomic E-state index is -3.20. The first-order chi connectivity index (χ1) is 8.59. The lowest BCUT2D eigenvalue weighted by atomic mass is 10.1. The Hall–Kier alpha value is -0.173. The Morgan fingerprint density at radius 3 is 2.21 bits per heavy atom. The van der Waals surface area contributed by atoms with Gasteiger partial charge >= 0.3 is 0 Å². The van der Waals surface area contributed by atoms with E-state index in [1.54, 1.807) is 0 Å². The van der Waals surface area contributed by atoms with E-state index >= 15 is 0 Å². The molecule has 0 amide bonds. The van der Waals surface area contributed by atoms with Crippen LogP contribution in [-0.4, -0.2) is 22.2 Å². The molecule has 108 valence electrons. The molecule has 0 saturated heterocycles. The van der Waals surface area contributed by atoms with Crippen molar-refractivity contribution in [1.82, 2.24) is 4.72 Å². The van der Waals surface area contributed by atoms with Crippen molar-refractivity contribution in [1.29, 1.82) is 0 Å². The molecular formula is C13H22BrNO2SSi. The van der Waals surface area contributed by atoms with Crippen LogP contribution >= 0.6 is 15.9 Å². The van der Waals surface area contributed by atoms with Gasteiger partial charge in [0.1, 0.15) is 0 Å². The highest BCUT2D eigenvalue weighted by Gasteiger charge is 2.20. The molecule has 0 bridgehead atoms. The molecule has 0 aliphatic carbocycles. The number of benzene rings is 1. The summed E-state index contributed by atoms with van der Waals surface area (Å²) < 4.78 is 27.8. The zero-order chi connectivity index (χ0) is 14.7. The Labute approximate surface area is 126 Å². The average molecular weight is 364 g/mol. The van der Waals surface area contributed by atoms with E-state index in [-0.39, 0.29) is 11.8 Å². The largest absolute Gasteiger partial charge is 0.212 e. The fourth-order valence-corrected chi connectivity index (χ4v) is 6.17. The van der Waals surface area contributed by atoms with E-state index < -0.39 is 18.1 Å². The third kappa shape index (κ3) is 6.69. The number of nitrogens with one attached hydrogen (secondary N) is 1. The van der Waals surface area contributed by atoms with E-state index in [1.807, 2.05) is 31.2 Å². The number of halogens is 1. The molecule has 1 atom stereocenters. The van der Waals surface area contributed by atoms with Crippen molar-refractivity contribution in [2.45, 2.75) is 38.7 Å². The van der Waals surface area contributed by atoms with Gasteiger partial charge in [0, 0.05) is 18.6 Å². The Morgan fingerprint density at radius 2 is 1.74 bits per heavy atom. The average Bonchev–Trinajstić information content (AvgIpc) is 2.26. The Kier molecular flexibility index (Phi) is 5.79. The van der Waals surface area contributed by atoms with Crippen LogP contribution in [0, 0.1) is 0 Å². The summed E-state index contributed by atoms with van der Waals surface area (Å²) in [7, 11) is -4.53. The van der Waals surface area contributed by atoms with Gasteiger partial charge in [-0.25, -0.2) is 13.1 Å². The van der Waals surface area contributed by atoms with Crippen molar-refractivity contribution in [2.24, 2.45) is 0 Å². The van der Waals surface area contributed by atoms with Gasteiger partial charge in [0.15, 0.2) is 0 Å². The summed E-state index contributed by atoms with van der Waals surface area (Å²) in [6, 6.07) is 8.28. The first kappa shape index (κ1) is 16.9. The van der Waals surface area contributed by atoms with Crippen LogP contribution in [-0.2, 0) is 10.0 Å². The van der Waals surface area contributed by atoms with Crippen LogP contribution in [0.1, 0.15) is 18.5 Å². The lowest BCUT2D eigenvalue weighted by Crippen LogP contribution is -2.32. The number of rotatable bonds is 6. The summed E-state index contributed by atoms with van der Waals surface area (Å²) in [4.78, 5) is 0. The summed E-state index contributed by atoms with van der Waals surface area (Å²) in [5.74, 6) is 0.226. The number of hydrogen-bond donors (Lipinski definition) is 1. The molecule has 0 aliphatic heterocycles. The molecule has 19 heavy (non-hydrogen) atoms. The zero-order valence-electron chi connectivity index (χ0n) is 11.9. The molecule has 0 spiro atoms. The Balaban J connectivity index is 2.65. The van der Waals surface area contributed by atoms with E-state index in [1.165, 1.54) is 0 Å². The van der Waals surface area contributed by atoms with Crippen LogP contribution in [0.5, 0.6) is 0 Å². The van der Waals surface area contributed by atoms with Crippen LogP contribution in [0.3, 0.4) is 0 Å². The predicted octanol–water partition coefficient (Wildman–Crippen LogP) is 3.77. The maximum atomic E-state index is 12.0. The van der Waals surface area contributed by atoms with Gasteiger partial charge in [-0.3, -0.25) is 0 Å². The molecule has 3 nitrogen and oxygen atoms in total. The van der Waals surface area contributed by atoms with Gasteiger partial charge in [0.25, 0.3) is 0 Å². The molecule has 0 aromatic heterocycles. The van der Waals surface area contributed by atoms with Gasteiger partial charge in [-0.1, -0.05) is 47.7 Å². The monoisotopic (exact) mass is 363 g/mol. The van der Waals surface area contributed by atoms with Crippen LogP contribution in [0.25, 0.3) is 0 Å². The van der Waals surface area contributed by atoms with E-state index in [0.29, 0.717) is 0 Å². The van der Waals surface area contributed by atoms with Gasteiger partial charge in [0.2, 0.25) is 10.0 Å². The molecular weight excluding hydrogens is 342 g/mol. The van der Waals surface area contributed by atoms with Crippen molar-refractivity contribution in [3.8, 4) is 0 Å². The van der Waals surface area contributed by atoms with Crippen LogP contribution in [0.15, 0.2) is 28.7 Å². The molecule has 0 fully saturated rings. The molecule has 0 aliphatic rings. The summed E-state index contributed by atoms with van der Waals surface area (Å²) in [5.41, 5.74) is 0.972. The summed E-state index contributed by atoms with van der Waals surface area (Å²) in [5, 5.41) is 0. The lowest BCUT2D eigenvalue weighted by molar-refractivity contribution is 0.568. The normalized spacial score (nSPS) is 14.4. The van der Waals surface area contributed by atoms with Gasteiger partial charge in [-0.05, 0) is 30.7 Å². The SMILES string of the molecule is CC(NS(=O)(=O)CC[Si](C)(C)C)c1ccc(Br)cc1. The van der Waals surface area contributed by atoms with E-state index in [2.05, 4.69) is 40.3 Å². The minimum Gasteiger partial charge on any atom is -0.212 e. The molecule has 1 rings (SSSR count). The lowest BCUT2D eigenvalue weighted by Gasteiger charge is -2.18. The minimum absolute atomic E-state index is 0.195. The topological polar surface area (TPSA) is 46.2 Å². The maximum absolute atomic E-state index is 12.0. The second-order valence-corrected chi connectivity index (χ2v) is 14.4. The van der Waals surface area contributed by atoms with Crippen molar-refractivity contribution in [3.63, 3.8) is 0 Å². The Morgan fingerprint density at radius 1 is 1.21 bits per heavy atom. The van der Waals surface area contributed by atoms with Crippen molar-refractivity contribution < 1.29 is 8.42 Å². The molecule has 1 aromatic rings. The molecule has 0 saturated carbocycles. The van der Waals surface area contributed by atoms with E-state index in [9.17, 15) is 8.42 Å². The first-order valence-electron chi connectivity index (χ1n) is 6.34. The third-order valence-corrected chi connectivity index (χ3v) is 6.94. The van der Waals surface area contributed by atoms with E-state index in [0.717, 1.165) is 16.1 Å². The highest BCUT2D eigenvalue weighted by Crippen LogP contribution is 2.18. The molecule has 1 unspecified atom stereocenters. The van der Waals surface area contributed by atoms with Crippen LogP contribution in [0.2, 0.25) is 25.7 Å². The zero-order valence-corrected chi connectivity index (χ0v) is 15.3. The summed E-state index contributed by atoms with van der Waals surface area (Å²) in [6.45, 7) is 8.41. The van der Waals surface area contributed by atoms with Crippen molar-refractivity contribution in [2.75, 3.05) is 5.75 Å². The van der Waals surface area contributed by atoms with Gasteiger partial charge < -0.3 is 0 Å². The fourth-order valence-electron chi connectivity index (χ4n) is 1.59. The maximum Gasteiger partial charge on any atom is 0.211 e. The van der Waals surface area contributed by atoms with Gasteiger partial charge in [-0.2, -0.15) is 0 Å². The highest BCUT2D eigenvalue weighted by molar-refractivity contribution is 9.10. The fraction of sp³-hybridized carbons (Fsp3) is 0.538. The van der Waals surface area contributed by atoms with Crippen molar-refractivity contribution >= 4 is 34.0 Å². The summed E-state index contributed by atoms with van der Waals surface area (Å²) >= 11 is 3.37. The Bertz CT molecular complexity index is 508. The van der Waals surface area contributed by atoms with Crippen LogP contribution in [0.4, 0.5) is 0 Å². The molecule has 0 radical (unpaired) electrons. The third-order valence-electron chi connectivity index (χ3n) is 2.85. The molecule has 6 heteroatoms. The van der Waals surface area contributed by atoms with Gasteiger partial charge in [-0.15, -0.1) is 0 Å². The quantitative estimate of drug-likeness (QED) is 0.781. The van der Waals surface area contributed by atoms with Crippen LogP contribution < -0.4 is 4.72 Å². The molecule has 0 heterocycles. The standard InChI is InChI=1S/C13H22BrNO2SSi/c1-11(12-5-7-13(14)8-6-12)15-18(16,17)9-10-19(2,3)4/h5-8,11,15H,9-10H2,1-4H3. The predicted molar refractivity (Wildman–Crippen MR) is 87.6 cm³/mol. The molecule has 1 N–H and O–H groups in total. The summed E-state index contributed by atoms with van der Waals surface area (Å²) in [6.07, 6.45) is 0.